The molecule has 76 valence electrons. The van der Waals surface area contributed by atoms with Gasteiger partial charge in [-0.25, -0.2) is 0 Å². The molecule has 0 amide bonds. The maximum atomic E-state index is 5.70. The van der Waals surface area contributed by atoms with Crippen LogP contribution in [0.15, 0.2) is 63.2 Å². The van der Waals surface area contributed by atoms with Crippen LogP contribution in [0.4, 0.5) is 5.69 Å². The second-order valence-corrected chi connectivity index (χ2v) is 4.76. The van der Waals surface area contributed by atoms with Gasteiger partial charge < -0.3 is 5.73 Å². The maximum absolute atomic E-state index is 5.70. The molecule has 2 aromatic rings. The molecule has 0 fully saturated rings. The topological polar surface area (TPSA) is 26.0 Å². The smallest absolute Gasteiger partial charge is 0.0450 e. The van der Waals surface area contributed by atoms with Gasteiger partial charge in [-0.1, -0.05) is 30.0 Å². The third kappa shape index (κ3) is 2.70. The lowest BCUT2D eigenvalue weighted by atomic mass is 10.3. The number of anilines is 1. The van der Waals surface area contributed by atoms with Crippen LogP contribution in [0, 0.1) is 0 Å². The first-order chi connectivity index (χ1) is 7.25. The van der Waals surface area contributed by atoms with Gasteiger partial charge in [-0.05, 0) is 30.3 Å². The lowest BCUT2D eigenvalue weighted by Crippen LogP contribution is -1.86. The van der Waals surface area contributed by atoms with Crippen LogP contribution >= 0.6 is 24.4 Å². The molecular formula is C12H11NS2. The van der Waals surface area contributed by atoms with Crippen LogP contribution in [0.2, 0.25) is 0 Å². The molecule has 0 aliphatic rings. The van der Waals surface area contributed by atoms with E-state index < -0.39 is 0 Å². The van der Waals surface area contributed by atoms with Gasteiger partial charge in [0.05, 0.1) is 0 Å². The molecule has 2 N–H and O–H groups in total. The van der Waals surface area contributed by atoms with Crippen molar-refractivity contribution in [1.29, 1.82) is 0 Å². The average molecular weight is 233 g/mol. The third-order valence-electron chi connectivity index (χ3n) is 1.98. The van der Waals surface area contributed by atoms with Crippen LogP contribution in [-0.4, -0.2) is 0 Å². The lowest BCUT2D eigenvalue weighted by molar-refractivity contribution is 1.33. The minimum absolute atomic E-state index is 0.718. The number of nitrogens with two attached hydrogens (primary N) is 1. The van der Waals surface area contributed by atoms with Crippen molar-refractivity contribution in [2.24, 2.45) is 0 Å². The van der Waals surface area contributed by atoms with Crippen LogP contribution < -0.4 is 5.73 Å². The van der Waals surface area contributed by atoms with Crippen LogP contribution in [0.5, 0.6) is 0 Å². The highest BCUT2D eigenvalue weighted by molar-refractivity contribution is 7.99. The van der Waals surface area contributed by atoms with E-state index in [1.54, 1.807) is 11.8 Å². The summed E-state index contributed by atoms with van der Waals surface area (Å²) in [6, 6.07) is 16.1. The van der Waals surface area contributed by atoms with Crippen molar-refractivity contribution in [2.45, 2.75) is 14.7 Å². The first kappa shape index (κ1) is 10.5. The summed E-state index contributed by atoms with van der Waals surface area (Å²) in [6.45, 7) is 0. The summed E-state index contributed by atoms with van der Waals surface area (Å²) in [7, 11) is 0. The maximum Gasteiger partial charge on any atom is 0.0450 e. The van der Waals surface area contributed by atoms with E-state index in [2.05, 4.69) is 24.8 Å². The van der Waals surface area contributed by atoms with Gasteiger partial charge in [0, 0.05) is 20.4 Å². The SMILES string of the molecule is Nc1ccc(Sc2ccccc2)cc1S. The van der Waals surface area contributed by atoms with Gasteiger partial charge in [-0.15, -0.1) is 12.6 Å². The first-order valence-corrected chi connectivity index (χ1v) is 5.83. The Balaban J connectivity index is 2.22. The minimum Gasteiger partial charge on any atom is -0.398 e. The van der Waals surface area contributed by atoms with Crippen LogP contribution in [0.25, 0.3) is 0 Å². The fourth-order valence-electron chi connectivity index (χ4n) is 1.21. The normalized spacial score (nSPS) is 10.2. The Hall–Kier alpha value is -1.06. The molecule has 15 heavy (non-hydrogen) atoms. The Labute approximate surface area is 99.1 Å². The molecule has 0 aliphatic heterocycles. The Bertz CT molecular complexity index is 454. The second-order valence-electron chi connectivity index (χ2n) is 3.14. The number of hydrogen-bond acceptors (Lipinski definition) is 3. The van der Waals surface area contributed by atoms with Crippen molar-refractivity contribution in [2.75, 3.05) is 5.73 Å². The molecule has 0 atom stereocenters. The molecule has 0 radical (unpaired) electrons. The Kier molecular flexibility index (Phi) is 3.23. The van der Waals surface area contributed by atoms with Crippen LogP contribution in [0.3, 0.4) is 0 Å². The lowest BCUT2D eigenvalue weighted by Gasteiger charge is -2.04. The largest absolute Gasteiger partial charge is 0.398 e. The minimum atomic E-state index is 0.718. The van der Waals surface area contributed by atoms with Crippen LogP contribution in [-0.2, 0) is 0 Å². The predicted octanol–water partition coefficient (Wildman–Crippen LogP) is 3.71. The molecular weight excluding hydrogens is 222 g/mol. The van der Waals surface area contributed by atoms with Crippen molar-refractivity contribution in [3.05, 3.63) is 48.5 Å². The Morgan fingerprint density at radius 2 is 1.67 bits per heavy atom. The van der Waals surface area contributed by atoms with Crippen molar-refractivity contribution in [3.63, 3.8) is 0 Å². The third-order valence-corrected chi connectivity index (χ3v) is 3.37. The van der Waals surface area contributed by atoms with Crippen LogP contribution in [0.1, 0.15) is 0 Å². The summed E-state index contributed by atoms with van der Waals surface area (Å²) in [4.78, 5) is 3.20. The Morgan fingerprint density at radius 1 is 0.933 bits per heavy atom. The Morgan fingerprint density at radius 3 is 2.33 bits per heavy atom. The van der Waals surface area contributed by atoms with E-state index >= 15 is 0 Å². The van der Waals surface area contributed by atoms with Crippen molar-refractivity contribution < 1.29 is 0 Å². The number of thiol groups is 1. The zero-order valence-corrected chi connectivity index (χ0v) is 9.76. The number of rotatable bonds is 2. The van der Waals surface area contributed by atoms with Crippen molar-refractivity contribution in [1.82, 2.24) is 0 Å². The summed E-state index contributed by atoms with van der Waals surface area (Å²) in [5.41, 5.74) is 6.41. The van der Waals surface area contributed by atoms with Gasteiger partial charge >= 0.3 is 0 Å². The van der Waals surface area contributed by atoms with Gasteiger partial charge in [0.15, 0.2) is 0 Å². The number of hydrogen-bond donors (Lipinski definition) is 2. The van der Waals surface area contributed by atoms with E-state index in [0.29, 0.717) is 0 Å². The fraction of sp³-hybridized carbons (Fsp3) is 0. The van der Waals surface area contributed by atoms with E-state index in [4.69, 9.17) is 5.73 Å². The summed E-state index contributed by atoms with van der Waals surface area (Å²) >= 11 is 6.00. The van der Waals surface area contributed by atoms with E-state index in [9.17, 15) is 0 Å². The molecule has 1 nitrogen and oxygen atoms in total. The molecule has 0 heterocycles. The van der Waals surface area contributed by atoms with E-state index in [1.165, 1.54) is 4.90 Å². The monoisotopic (exact) mass is 233 g/mol. The van der Waals surface area contributed by atoms with E-state index in [0.717, 1.165) is 15.5 Å². The highest BCUT2D eigenvalue weighted by Gasteiger charge is 1.99. The fourth-order valence-corrected chi connectivity index (χ4v) is 2.39. The van der Waals surface area contributed by atoms with Crippen molar-refractivity contribution >= 4 is 30.1 Å². The summed E-state index contributed by atoms with van der Waals surface area (Å²) < 4.78 is 0. The molecule has 0 aliphatic carbocycles. The number of benzene rings is 2. The molecule has 0 unspecified atom stereocenters. The summed E-state index contributed by atoms with van der Waals surface area (Å²) in [5.74, 6) is 0. The van der Waals surface area contributed by atoms with Gasteiger partial charge in [-0.2, -0.15) is 0 Å². The molecule has 0 spiro atoms. The molecule has 0 saturated heterocycles. The molecule has 3 heteroatoms. The van der Waals surface area contributed by atoms with Gasteiger partial charge in [-0.3, -0.25) is 0 Å². The summed E-state index contributed by atoms with van der Waals surface area (Å²) in [6.07, 6.45) is 0. The molecule has 2 aromatic carbocycles. The molecule has 0 saturated carbocycles. The van der Waals surface area contributed by atoms with Gasteiger partial charge in [0.2, 0.25) is 0 Å². The predicted molar refractivity (Wildman–Crippen MR) is 68.7 cm³/mol. The quantitative estimate of drug-likeness (QED) is 0.611. The van der Waals surface area contributed by atoms with Crippen molar-refractivity contribution in [3.8, 4) is 0 Å². The summed E-state index contributed by atoms with van der Waals surface area (Å²) in [5, 5.41) is 0. The standard InChI is InChI=1S/C12H11NS2/c13-11-7-6-10(8-12(11)14)15-9-4-2-1-3-5-9/h1-8,14H,13H2. The van der Waals surface area contributed by atoms with E-state index in [-0.39, 0.29) is 0 Å². The zero-order valence-electron chi connectivity index (χ0n) is 8.05. The zero-order chi connectivity index (χ0) is 10.7. The van der Waals surface area contributed by atoms with Gasteiger partial charge in [0.1, 0.15) is 0 Å². The highest BCUT2D eigenvalue weighted by atomic mass is 32.2. The second kappa shape index (κ2) is 4.64. The number of nitrogen functional groups attached to an aromatic ring is 1. The molecule has 2 rings (SSSR count). The average Bonchev–Trinajstić information content (AvgIpc) is 2.25. The molecule has 0 aromatic heterocycles. The highest BCUT2D eigenvalue weighted by Crippen LogP contribution is 2.30. The van der Waals surface area contributed by atoms with Gasteiger partial charge in [0.25, 0.3) is 0 Å². The molecule has 0 bridgehead atoms. The van der Waals surface area contributed by atoms with E-state index in [1.807, 2.05) is 36.4 Å². The first-order valence-electron chi connectivity index (χ1n) is 4.57.